The molecular weight excluding hydrogens is 184 g/mol. The second-order valence-corrected chi connectivity index (χ2v) is 3.42. The van der Waals surface area contributed by atoms with Crippen LogP contribution in [0.1, 0.15) is 18.1 Å². The SMILES string of the molecule is CCN(C)C(F)(F)c1cccc(C)c1. The van der Waals surface area contributed by atoms with Crippen LogP contribution in [0.2, 0.25) is 0 Å². The van der Waals surface area contributed by atoms with Gasteiger partial charge in [-0.25, -0.2) is 4.90 Å². The normalized spacial score (nSPS) is 12.1. The van der Waals surface area contributed by atoms with E-state index in [1.807, 2.05) is 13.0 Å². The van der Waals surface area contributed by atoms with Gasteiger partial charge in [0.15, 0.2) is 0 Å². The third kappa shape index (κ3) is 2.10. The van der Waals surface area contributed by atoms with Crippen molar-refractivity contribution in [2.75, 3.05) is 13.6 Å². The van der Waals surface area contributed by atoms with Crippen molar-refractivity contribution < 1.29 is 8.78 Å². The van der Waals surface area contributed by atoms with E-state index >= 15 is 0 Å². The fraction of sp³-hybridized carbons (Fsp3) is 0.455. The van der Waals surface area contributed by atoms with Gasteiger partial charge < -0.3 is 0 Å². The van der Waals surface area contributed by atoms with Crippen LogP contribution in [-0.4, -0.2) is 18.5 Å². The highest BCUT2D eigenvalue weighted by atomic mass is 19.3. The van der Waals surface area contributed by atoms with Crippen LogP contribution in [0.4, 0.5) is 8.78 Å². The Hall–Kier alpha value is -0.960. The molecule has 1 aromatic carbocycles. The molecule has 78 valence electrons. The number of halogens is 2. The molecule has 14 heavy (non-hydrogen) atoms. The maximum absolute atomic E-state index is 13.7. The average molecular weight is 199 g/mol. The molecule has 0 N–H and O–H groups in total. The van der Waals surface area contributed by atoms with Crippen LogP contribution in [0.5, 0.6) is 0 Å². The monoisotopic (exact) mass is 199 g/mol. The molecule has 1 nitrogen and oxygen atoms in total. The predicted molar refractivity (Wildman–Crippen MR) is 53.4 cm³/mol. The summed E-state index contributed by atoms with van der Waals surface area (Å²) in [5, 5.41) is 0. The van der Waals surface area contributed by atoms with Gasteiger partial charge in [-0.1, -0.05) is 30.7 Å². The molecule has 0 atom stereocenters. The van der Waals surface area contributed by atoms with Crippen LogP contribution < -0.4 is 0 Å². The highest BCUT2D eigenvalue weighted by Crippen LogP contribution is 2.30. The van der Waals surface area contributed by atoms with E-state index in [1.54, 1.807) is 13.0 Å². The van der Waals surface area contributed by atoms with Crippen molar-refractivity contribution in [1.82, 2.24) is 4.90 Å². The lowest BCUT2D eigenvalue weighted by Crippen LogP contribution is -2.35. The fourth-order valence-electron chi connectivity index (χ4n) is 1.25. The van der Waals surface area contributed by atoms with Crippen molar-refractivity contribution in [2.24, 2.45) is 0 Å². The Morgan fingerprint density at radius 3 is 2.50 bits per heavy atom. The minimum atomic E-state index is -2.87. The zero-order valence-electron chi connectivity index (χ0n) is 8.72. The van der Waals surface area contributed by atoms with Gasteiger partial charge in [0, 0.05) is 12.1 Å². The largest absolute Gasteiger partial charge is 0.331 e. The third-order valence-corrected chi connectivity index (χ3v) is 2.32. The molecule has 0 aromatic heterocycles. The Labute approximate surface area is 83.3 Å². The highest BCUT2D eigenvalue weighted by Gasteiger charge is 2.35. The molecule has 0 fully saturated rings. The number of hydrogen-bond donors (Lipinski definition) is 0. The first-order valence-electron chi connectivity index (χ1n) is 4.64. The Balaban J connectivity index is 3.03. The Morgan fingerprint density at radius 1 is 1.36 bits per heavy atom. The summed E-state index contributed by atoms with van der Waals surface area (Å²) in [6.45, 7) is 3.84. The van der Waals surface area contributed by atoms with Crippen LogP contribution in [0.25, 0.3) is 0 Å². The van der Waals surface area contributed by atoms with Crippen molar-refractivity contribution in [3.05, 3.63) is 35.4 Å². The van der Waals surface area contributed by atoms with E-state index in [4.69, 9.17) is 0 Å². The molecule has 0 unspecified atom stereocenters. The lowest BCUT2D eigenvalue weighted by atomic mass is 10.1. The molecule has 0 bridgehead atoms. The summed E-state index contributed by atoms with van der Waals surface area (Å²) in [5.41, 5.74) is 0.911. The zero-order chi connectivity index (χ0) is 10.8. The first kappa shape index (κ1) is 11.1. The number of alkyl halides is 2. The first-order chi connectivity index (χ1) is 6.48. The zero-order valence-corrected chi connectivity index (χ0v) is 8.72. The quantitative estimate of drug-likeness (QED) is 0.676. The van der Waals surface area contributed by atoms with E-state index in [0.29, 0.717) is 6.54 Å². The van der Waals surface area contributed by atoms with Gasteiger partial charge in [-0.2, -0.15) is 8.78 Å². The molecule has 0 aliphatic rings. The van der Waals surface area contributed by atoms with Crippen LogP contribution >= 0.6 is 0 Å². The average Bonchev–Trinajstić information content (AvgIpc) is 2.16. The van der Waals surface area contributed by atoms with Gasteiger partial charge in [-0.05, 0) is 20.0 Å². The van der Waals surface area contributed by atoms with E-state index in [-0.39, 0.29) is 5.56 Å². The topological polar surface area (TPSA) is 3.24 Å². The minimum absolute atomic E-state index is 0.0573. The predicted octanol–water partition coefficient (Wildman–Crippen LogP) is 3.00. The van der Waals surface area contributed by atoms with Gasteiger partial charge >= 0.3 is 6.05 Å². The highest BCUT2D eigenvalue weighted by molar-refractivity contribution is 5.25. The maximum Gasteiger partial charge on any atom is 0.331 e. The molecule has 0 amide bonds. The van der Waals surface area contributed by atoms with Gasteiger partial charge in [-0.15, -0.1) is 0 Å². The van der Waals surface area contributed by atoms with Gasteiger partial charge in [0.25, 0.3) is 0 Å². The summed E-state index contributed by atoms with van der Waals surface area (Å²) < 4.78 is 27.3. The Bertz CT molecular complexity index is 310. The Morgan fingerprint density at radius 2 is 2.00 bits per heavy atom. The summed E-state index contributed by atoms with van der Waals surface area (Å²) in [6, 6.07) is 3.57. The smallest absolute Gasteiger partial charge is 0.244 e. The number of benzene rings is 1. The first-order valence-corrected chi connectivity index (χ1v) is 4.64. The van der Waals surface area contributed by atoms with Crippen molar-refractivity contribution in [1.29, 1.82) is 0 Å². The third-order valence-electron chi connectivity index (χ3n) is 2.32. The van der Waals surface area contributed by atoms with Gasteiger partial charge in [-0.3, -0.25) is 0 Å². The second-order valence-electron chi connectivity index (χ2n) is 3.42. The lowest BCUT2D eigenvalue weighted by molar-refractivity contribution is -0.140. The number of rotatable bonds is 3. The molecule has 0 aliphatic carbocycles. The fourth-order valence-corrected chi connectivity index (χ4v) is 1.25. The second kappa shape index (κ2) is 4.05. The van der Waals surface area contributed by atoms with Crippen LogP contribution in [-0.2, 0) is 6.05 Å². The molecule has 0 aliphatic heterocycles. The number of nitrogens with zero attached hydrogens (tertiary/aromatic N) is 1. The van der Waals surface area contributed by atoms with Crippen LogP contribution in [0.15, 0.2) is 24.3 Å². The lowest BCUT2D eigenvalue weighted by Gasteiger charge is -2.26. The summed E-state index contributed by atoms with van der Waals surface area (Å²) in [6.07, 6.45) is 0. The number of aryl methyl sites for hydroxylation is 1. The standard InChI is InChI=1S/C11H15F2N/c1-4-14(3)11(12,13)10-7-5-6-9(2)8-10/h5-8H,4H2,1-3H3. The molecule has 1 rings (SSSR count). The van der Waals surface area contributed by atoms with Crippen molar-refractivity contribution in [3.63, 3.8) is 0 Å². The molecule has 0 spiro atoms. The van der Waals surface area contributed by atoms with Crippen molar-refractivity contribution in [2.45, 2.75) is 19.9 Å². The Kier molecular flexibility index (Phi) is 3.21. The van der Waals surface area contributed by atoms with Gasteiger partial charge in [0.05, 0.1) is 0 Å². The van der Waals surface area contributed by atoms with Crippen LogP contribution in [0.3, 0.4) is 0 Å². The molecule has 3 heteroatoms. The molecule has 0 radical (unpaired) electrons. The minimum Gasteiger partial charge on any atom is -0.244 e. The molecule has 1 aromatic rings. The summed E-state index contributed by atoms with van der Waals surface area (Å²) in [4.78, 5) is 1.03. The van der Waals surface area contributed by atoms with Gasteiger partial charge in [0.2, 0.25) is 0 Å². The van der Waals surface area contributed by atoms with E-state index in [9.17, 15) is 8.78 Å². The molecule has 0 saturated carbocycles. The molecule has 0 heterocycles. The maximum atomic E-state index is 13.7. The summed E-state index contributed by atoms with van der Waals surface area (Å²) >= 11 is 0. The van der Waals surface area contributed by atoms with Crippen LogP contribution in [0, 0.1) is 6.92 Å². The molecule has 0 saturated heterocycles. The van der Waals surface area contributed by atoms with E-state index < -0.39 is 6.05 Å². The van der Waals surface area contributed by atoms with Crippen molar-refractivity contribution in [3.8, 4) is 0 Å². The van der Waals surface area contributed by atoms with E-state index in [0.717, 1.165) is 10.5 Å². The van der Waals surface area contributed by atoms with E-state index in [2.05, 4.69) is 0 Å². The van der Waals surface area contributed by atoms with E-state index in [1.165, 1.54) is 19.2 Å². The van der Waals surface area contributed by atoms with Crippen molar-refractivity contribution >= 4 is 0 Å². The van der Waals surface area contributed by atoms with Gasteiger partial charge in [0.1, 0.15) is 0 Å². The number of hydrogen-bond acceptors (Lipinski definition) is 1. The summed E-state index contributed by atoms with van der Waals surface area (Å²) in [5.74, 6) is 0. The summed E-state index contributed by atoms with van der Waals surface area (Å²) in [7, 11) is 1.42. The molecular formula is C11H15F2N.